The molecule has 0 radical (unpaired) electrons. The Bertz CT molecular complexity index is 646. The van der Waals surface area contributed by atoms with Crippen molar-refractivity contribution in [1.29, 1.82) is 0 Å². The number of rotatable bonds is 5. The summed E-state index contributed by atoms with van der Waals surface area (Å²) >= 11 is 0. The van der Waals surface area contributed by atoms with Crippen LogP contribution in [0.25, 0.3) is 0 Å². The van der Waals surface area contributed by atoms with E-state index in [4.69, 9.17) is 0 Å². The van der Waals surface area contributed by atoms with Gasteiger partial charge in [-0.2, -0.15) is 0 Å². The molecule has 126 valence electrons. The van der Waals surface area contributed by atoms with E-state index in [1.165, 1.54) is 11.1 Å². The average molecular weight is 323 g/mol. The molecule has 1 aromatic carbocycles. The number of hydrogen-bond donors (Lipinski definition) is 1. The van der Waals surface area contributed by atoms with Gasteiger partial charge in [0.1, 0.15) is 0 Å². The van der Waals surface area contributed by atoms with Gasteiger partial charge in [0, 0.05) is 18.7 Å². The third-order valence-electron chi connectivity index (χ3n) is 4.66. The molecule has 1 fully saturated rings. The van der Waals surface area contributed by atoms with Crippen LogP contribution in [0.1, 0.15) is 29.7 Å². The third-order valence-corrected chi connectivity index (χ3v) is 4.66. The van der Waals surface area contributed by atoms with E-state index in [-0.39, 0.29) is 11.8 Å². The zero-order chi connectivity index (χ0) is 16.8. The summed E-state index contributed by atoms with van der Waals surface area (Å²) in [5, 5.41) is 3.02. The van der Waals surface area contributed by atoms with E-state index in [0.29, 0.717) is 6.54 Å². The number of likely N-dealkylation sites (tertiary alicyclic amines) is 1. The van der Waals surface area contributed by atoms with Crippen LogP contribution in [0.3, 0.4) is 0 Å². The van der Waals surface area contributed by atoms with Crippen LogP contribution in [0.2, 0.25) is 0 Å². The molecule has 4 nitrogen and oxygen atoms in total. The number of aryl methyl sites for hydroxylation is 1. The summed E-state index contributed by atoms with van der Waals surface area (Å²) in [7, 11) is 0. The fraction of sp³-hybridized carbons (Fsp3) is 0.400. The summed E-state index contributed by atoms with van der Waals surface area (Å²) < 4.78 is 0. The van der Waals surface area contributed by atoms with Crippen molar-refractivity contribution in [3.05, 3.63) is 65.5 Å². The molecule has 1 N–H and O–H groups in total. The van der Waals surface area contributed by atoms with E-state index >= 15 is 0 Å². The van der Waals surface area contributed by atoms with Crippen molar-refractivity contribution in [3.63, 3.8) is 0 Å². The smallest absolute Gasteiger partial charge is 0.223 e. The molecular weight excluding hydrogens is 298 g/mol. The lowest BCUT2D eigenvalue weighted by Gasteiger charge is -2.31. The zero-order valence-electron chi connectivity index (χ0n) is 14.2. The normalized spacial score (nSPS) is 16.0. The number of hydrogen-bond acceptors (Lipinski definition) is 3. The second-order valence-electron chi connectivity index (χ2n) is 6.57. The summed E-state index contributed by atoms with van der Waals surface area (Å²) in [6, 6.07) is 14.5. The van der Waals surface area contributed by atoms with Gasteiger partial charge in [0.25, 0.3) is 0 Å². The van der Waals surface area contributed by atoms with Gasteiger partial charge in [-0.3, -0.25) is 14.7 Å². The highest BCUT2D eigenvalue weighted by molar-refractivity contribution is 5.78. The maximum Gasteiger partial charge on any atom is 0.223 e. The fourth-order valence-electron chi connectivity index (χ4n) is 3.13. The molecule has 2 heterocycles. The number of nitrogens with one attached hydrogen (secondary N) is 1. The standard InChI is InChI=1S/C20H25N3O/c1-16-5-7-17(8-6-16)15-23-12-9-18(10-13-23)20(24)22-14-19-4-2-3-11-21-19/h2-8,11,18H,9-10,12-15H2,1H3,(H,22,24). The number of piperidine rings is 1. The minimum atomic E-state index is 0.128. The van der Waals surface area contributed by atoms with Crippen molar-refractivity contribution in [1.82, 2.24) is 15.2 Å². The molecule has 3 rings (SSSR count). The molecule has 4 heteroatoms. The lowest BCUT2D eigenvalue weighted by atomic mass is 9.95. The van der Waals surface area contributed by atoms with Gasteiger partial charge in [-0.1, -0.05) is 35.9 Å². The molecule has 2 aromatic rings. The Morgan fingerprint density at radius 1 is 1.17 bits per heavy atom. The summed E-state index contributed by atoms with van der Waals surface area (Å²) in [6.07, 6.45) is 3.62. The molecule has 0 unspecified atom stereocenters. The van der Waals surface area contributed by atoms with Crippen molar-refractivity contribution < 1.29 is 4.79 Å². The van der Waals surface area contributed by atoms with E-state index in [1.54, 1.807) is 6.20 Å². The predicted molar refractivity (Wildman–Crippen MR) is 95.3 cm³/mol. The van der Waals surface area contributed by atoms with Gasteiger partial charge in [0.05, 0.1) is 12.2 Å². The van der Waals surface area contributed by atoms with E-state index in [9.17, 15) is 4.79 Å². The molecule has 1 aliphatic rings. The minimum absolute atomic E-state index is 0.128. The Labute approximate surface area is 143 Å². The largest absolute Gasteiger partial charge is 0.350 e. The van der Waals surface area contributed by atoms with Gasteiger partial charge >= 0.3 is 0 Å². The van der Waals surface area contributed by atoms with Gasteiger partial charge in [-0.15, -0.1) is 0 Å². The first kappa shape index (κ1) is 16.7. The van der Waals surface area contributed by atoms with Crippen molar-refractivity contribution in [2.24, 2.45) is 5.92 Å². The first-order valence-electron chi connectivity index (χ1n) is 8.66. The van der Waals surface area contributed by atoms with Crippen LogP contribution in [0.15, 0.2) is 48.7 Å². The van der Waals surface area contributed by atoms with Crippen molar-refractivity contribution in [2.75, 3.05) is 13.1 Å². The highest BCUT2D eigenvalue weighted by atomic mass is 16.1. The Morgan fingerprint density at radius 3 is 2.58 bits per heavy atom. The van der Waals surface area contributed by atoms with Crippen molar-refractivity contribution >= 4 is 5.91 Å². The third kappa shape index (κ3) is 4.65. The molecular formula is C20H25N3O. The molecule has 0 atom stereocenters. The number of amides is 1. The van der Waals surface area contributed by atoms with Gasteiger partial charge in [0.15, 0.2) is 0 Å². The number of aromatic nitrogens is 1. The van der Waals surface area contributed by atoms with Crippen LogP contribution in [0, 0.1) is 12.8 Å². The number of carbonyl (C=O) groups is 1. The minimum Gasteiger partial charge on any atom is -0.350 e. The van der Waals surface area contributed by atoms with Gasteiger partial charge in [0.2, 0.25) is 5.91 Å². The molecule has 1 aliphatic heterocycles. The predicted octanol–water partition coefficient (Wildman–Crippen LogP) is 2.92. The van der Waals surface area contributed by atoms with E-state index in [2.05, 4.69) is 46.4 Å². The van der Waals surface area contributed by atoms with Crippen LogP contribution in [0.4, 0.5) is 0 Å². The molecule has 1 amide bonds. The molecule has 24 heavy (non-hydrogen) atoms. The van der Waals surface area contributed by atoms with E-state index in [0.717, 1.165) is 38.2 Å². The molecule has 0 aliphatic carbocycles. The second-order valence-corrected chi connectivity index (χ2v) is 6.57. The zero-order valence-corrected chi connectivity index (χ0v) is 14.2. The van der Waals surface area contributed by atoms with Crippen LogP contribution in [-0.4, -0.2) is 28.9 Å². The summed E-state index contributed by atoms with van der Waals surface area (Å²) in [6.45, 7) is 5.57. The number of carbonyl (C=O) groups excluding carboxylic acids is 1. The first-order chi connectivity index (χ1) is 11.7. The lowest BCUT2D eigenvalue weighted by molar-refractivity contribution is -0.126. The molecule has 0 bridgehead atoms. The quantitative estimate of drug-likeness (QED) is 0.920. The first-order valence-corrected chi connectivity index (χ1v) is 8.66. The molecule has 0 spiro atoms. The summed E-state index contributed by atoms with van der Waals surface area (Å²) in [4.78, 5) is 19.0. The SMILES string of the molecule is Cc1ccc(CN2CCC(C(=O)NCc3ccccn3)CC2)cc1. The number of benzene rings is 1. The van der Waals surface area contributed by atoms with Crippen LogP contribution in [0.5, 0.6) is 0 Å². The molecule has 1 aromatic heterocycles. The second kappa shape index (κ2) is 8.06. The maximum absolute atomic E-state index is 12.3. The van der Waals surface area contributed by atoms with Crippen LogP contribution < -0.4 is 5.32 Å². The van der Waals surface area contributed by atoms with Crippen LogP contribution in [-0.2, 0) is 17.9 Å². The Kier molecular flexibility index (Phi) is 5.59. The van der Waals surface area contributed by atoms with Crippen molar-refractivity contribution in [2.45, 2.75) is 32.9 Å². The highest BCUT2D eigenvalue weighted by Crippen LogP contribution is 2.19. The van der Waals surface area contributed by atoms with E-state index < -0.39 is 0 Å². The average Bonchev–Trinajstić information content (AvgIpc) is 2.63. The van der Waals surface area contributed by atoms with Crippen LogP contribution >= 0.6 is 0 Å². The van der Waals surface area contributed by atoms with Gasteiger partial charge in [-0.25, -0.2) is 0 Å². The number of pyridine rings is 1. The summed E-state index contributed by atoms with van der Waals surface area (Å²) in [5.41, 5.74) is 3.54. The van der Waals surface area contributed by atoms with Crippen molar-refractivity contribution in [3.8, 4) is 0 Å². The Hall–Kier alpha value is -2.20. The van der Waals surface area contributed by atoms with Gasteiger partial charge in [-0.05, 0) is 50.6 Å². The fourth-order valence-corrected chi connectivity index (χ4v) is 3.13. The lowest BCUT2D eigenvalue weighted by Crippen LogP contribution is -2.40. The number of nitrogens with zero attached hydrogens (tertiary/aromatic N) is 2. The highest BCUT2D eigenvalue weighted by Gasteiger charge is 2.24. The maximum atomic E-state index is 12.3. The monoisotopic (exact) mass is 323 g/mol. The molecule has 0 saturated carbocycles. The van der Waals surface area contributed by atoms with E-state index in [1.807, 2.05) is 18.2 Å². The molecule has 1 saturated heterocycles. The van der Waals surface area contributed by atoms with Gasteiger partial charge < -0.3 is 5.32 Å². The summed E-state index contributed by atoms with van der Waals surface area (Å²) in [5.74, 6) is 0.290. The Morgan fingerprint density at radius 2 is 1.92 bits per heavy atom. The topological polar surface area (TPSA) is 45.2 Å². The Balaban J connectivity index is 1.42.